The highest BCUT2D eigenvalue weighted by Gasteiger charge is 1.97. The van der Waals surface area contributed by atoms with E-state index in [1.54, 1.807) is 6.08 Å². The minimum atomic E-state index is 0.126. The molecule has 0 aromatic rings. The molecule has 3 nitrogen and oxygen atoms in total. The number of azide groups is 1. The van der Waals surface area contributed by atoms with Crippen LogP contribution in [-0.4, -0.2) is 6.54 Å². The molecule has 0 N–H and O–H groups in total. The molecular formula is C7H9N3. The van der Waals surface area contributed by atoms with Gasteiger partial charge in [-0.1, -0.05) is 11.2 Å². The van der Waals surface area contributed by atoms with Crippen molar-refractivity contribution in [2.24, 2.45) is 11.0 Å². The van der Waals surface area contributed by atoms with Gasteiger partial charge in [-0.05, 0) is 11.4 Å². The van der Waals surface area contributed by atoms with Crippen molar-refractivity contribution in [1.29, 1.82) is 0 Å². The molecule has 0 rings (SSSR count). The van der Waals surface area contributed by atoms with E-state index >= 15 is 0 Å². The smallest absolute Gasteiger partial charge is 0.0329 e. The predicted octanol–water partition coefficient (Wildman–Crippen LogP) is 2.12. The largest absolute Gasteiger partial charge is 0.120 e. The van der Waals surface area contributed by atoms with Crippen LogP contribution in [0.5, 0.6) is 0 Å². The topological polar surface area (TPSA) is 48.8 Å². The molecule has 0 aromatic heterocycles. The van der Waals surface area contributed by atoms with E-state index in [0.717, 1.165) is 0 Å². The predicted molar refractivity (Wildman–Crippen MR) is 41.2 cm³/mol. The van der Waals surface area contributed by atoms with Gasteiger partial charge in [-0.15, -0.1) is 18.9 Å². The van der Waals surface area contributed by atoms with Crippen molar-refractivity contribution < 1.29 is 0 Å². The summed E-state index contributed by atoms with van der Waals surface area (Å²) in [6, 6.07) is 0. The zero-order chi connectivity index (χ0) is 7.82. The van der Waals surface area contributed by atoms with Crippen LogP contribution >= 0.6 is 0 Å². The van der Waals surface area contributed by atoms with Crippen LogP contribution in [0.3, 0.4) is 0 Å². The molecule has 0 spiro atoms. The lowest BCUT2D eigenvalue weighted by molar-refractivity contribution is 0.685. The quantitative estimate of drug-likeness (QED) is 0.186. The SMILES string of the molecule is C#CCC(C=C)CN=[N+]=[N-]. The molecule has 0 aromatic carbocycles. The van der Waals surface area contributed by atoms with Crippen LogP contribution in [0.2, 0.25) is 0 Å². The Hall–Kier alpha value is -1.39. The molecule has 0 aliphatic rings. The first-order valence-electron chi connectivity index (χ1n) is 2.92. The van der Waals surface area contributed by atoms with Crippen molar-refractivity contribution in [2.45, 2.75) is 6.42 Å². The second-order valence-electron chi connectivity index (χ2n) is 1.82. The molecule has 0 fully saturated rings. The summed E-state index contributed by atoms with van der Waals surface area (Å²) in [4.78, 5) is 2.61. The van der Waals surface area contributed by atoms with Crippen molar-refractivity contribution in [3.05, 3.63) is 23.1 Å². The normalized spacial score (nSPS) is 10.7. The van der Waals surface area contributed by atoms with E-state index in [2.05, 4.69) is 22.5 Å². The number of terminal acetylenes is 1. The average Bonchev–Trinajstić information content (AvgIpc) is 1.98. The summed E-state index contributed by atoms with van der Waals surface area (Å²) in [6.45, 7) is 3.96. The Bertz CT molecular complexity index is 184. The van der Waals surface area contributed by atoms with E-state index in [0.29, 0.717) is 13.0 Å². The minimum Gasteiger partial charge on any atom is -0.120 e. The van der Waals surface area contributed by atoms with Gasteiger partial charge in [0.1, 0.15) is 0 Å². The van der Waals surface area contributed by atoms with E-state index in [9.17, 15) is 0 Å². The van der Waals surface area contributed by atoms with Gasteiger partial charge < -0.3 is 0 Å². The van der Waals surface area contributed by atoms with Gasteiger partial charge in [0.15, 0.2) is 0 Å². The number of rotatable bonds is 4. The van der Waals surface area contributed by atoms with Crippen LogP contribution in [0.25, 0.3) is 10.4 Å². The van der Waals surface area contributed by atoms with Crippen LogP contribution in [0, 0.1) is 18.3 Å². The highest BCUT2D eigenvalue weighted by atomic mass is 15.1. The highest BCUT2D eigenvalue weighted by Crippen LogP contribution is 2.02. The van der Waals surface area contributed by atoms with Gasteiger partial charge in [0.05, 0.1) is 0 Å². The van der Waals surface area contributed by atoms with Gasteiger partial charge in [-0.3, -0.25) is 0 Å². The number of nitrogens with zero attached hydrogens (tertiary/aromatic N) is 3. The summed E-state index contributed by atoms with van der Waals surface area (Å²) in [5.41, 5.74) is 7.95. The van der Waals surface area contributed by atoms with E-state index in [4.69, 9.17) is 12.0 Å². The standard InChI is InChI=1S/C7H9N3/c1-3-5-7(4-2)6-9-10-8/h1,4,7H,2,5-6H2. The minimum absolute atomic E-state index is 0.126. The van der Waals surface area contributed by atoms with E-state index in [-0.39, 0.29) is 5.92 Å². The molecule has 0 saturated carbocycles. The first kappa shape index (κ1) is 8.61. The first-order chi connectivity index (χ1) is 4.85. The Morgan fingerprint density at radius 1 is 1.90 bits per heavy atom. The first-order valence-corrected chi connectivity index (χ1v) is 2.92. The molecule has 52 valence electrons. The van der Waals surface area contributed by atoms with E-state index < -0.39 is 0 Å². The molecule has 1 unspecified atom stereocenters. The van der Waals surface area contributed by atoms with Crippen LogP contribution in [0.4, 0.5) is 0 Å². The maximum absolute atomic E-state index is 7.95. The van der Waals surface area contributed by atoms with Crippen molar-refractivity contribution >= 4 is 0 Å². The Labute approximate surface area is 60.4 Å². The molecular weight excluding hydrogens is 126 g/mol. The molecule has 10 heavy (non-hydrogen) atoms. The van der Waals surface area contributed by atoms with E-state index in [1.807, 2.05) is 0 Å². The maximum Gasteiger partial charge on any atom is 0.0329 e. The third-order valence-corrected chi connectivity index (χ3v) is 1.09. The van der Waals surface area contributed by atoms with Crippen molar-refractivity contribution in [3.8, 4) is 12.3 Å². The summed E-state index contributed by atoms with van der Waals surface area (Å²) in [5, 5.41) is 3.38. The third-order valence-electron chi connectivity index (χ3n) is 1.09. The van der Waals surface area contributed by atoms with Gasteiger partial charge in [0.25, 0.3) is 0 Å². The zero-order valence-electron chi connectivity index (χ0n) is 5.70. The molecule has 1 atom stereocenters. The molecule has 0 aliphatic heterocycles. The highest BCUT2D eigenvalue weighted by molar-refractivity contribution is 4.93. The molecule has 3 heteroatoms. The third kappa shape index (κ3) is 3.59. The number of hydrogen-bond donors (Lipinski definition) is 0. The van der Waals surface area contributed by atoms with E-state index in [1.165, 1.54) is 0 Å². The van der Waals surface area contributed by atoms with Gasteiger partial charge in [-0.2, -0.15) is 0 Å². The van der Waals surface area contributed by atoms with Crippen LogP contribution in [-0.2, 0) is 0 Å². The Morgan fingerprint density at radius 3 is 3.00 bits per heavy atom. The second kappa shape index (κ2) is 5.74. The monoisotopic (exact) mass is 135 g/mol. The lowest BCUT2D eigenvalue weighted by Crippen LogP contribution is -1.97. The van der Waals surface area contributed by atoms with Crippen molar-refractivity contribution in [2.75, 3.05) is 6.54 Å². The second-order valence-corrected chi connectivity index (χ2v) is 1.82. The van der Waals surface area contributed by atoms with Gasteiger partial charge in [0, 0.05) is 17.9 Å². The Kier molecular flexibility index (Phi) is 4.94. The zero-order valence-corrected chi connectivity index (χ0v) is 5.70. The summed E-state index contributed by atoms with van der Waals surface area (Å²) in [6.07, 6.45) is 7.33. The molecule has 0 bridgehead atoms. The fourth-order valence-electron chi connectivity index (χ4n) is 0.515. The molecule has 0 saturated heterocycles. The molecule has 0 aliphatic carbocycles. The summed E-state index contributed by atoms with van der Waals surface area (Å²) in [7, 11) is 0. The number of hydrogen-bond acceptors (Lipinski definition) is 1. The van der Waals surface area contributed by atoms with Gasteiger partial charge in [-0.25, -0.2) is 0 Å². The maximum atomic E-state index is 7.95. The lowest BCUT2D eigenvalue weighted by Gasteiger charge is -2.01. The van der Waals surface area contributed by atoms with Gasteiger partial charge in [0.2, 0.25) is 0 Å². The molecule has 0 heterocycles. The molecule has 0 amide bonds. The fourth-order valence-corrected chi connectivity index (χ4v) is 0.515. The van der Waals surface area contributed by atoms with Crippen molar-refractivity contribution in [3.63, 3.8) is 0 Å². The lowest BCUT2D eigenvalue weighted by atomic mass is 10.1. The Morgan fingerprint density at radius 2 is 2.60 bits per heavy atom. The molecule has 0 radical (unpaired) electrons. The van der Waals surface area contributed by atoms with Crippen molar-refractivity contribution in [1.82, 2.24) is 0 Å². The fraction of sp³-hybridized carbons (Fsp3) is 0.429. The summed E-state index contributed by atoms with van der Waals surface area (Å²) >= 11 is 0. The van der Waals surface area contributed by atoms with Crippen LogP contribution < -0.4 is 0 Å². The average molecular weight is 135 g/mol. The summed E-state index contributed by atoms with van der Waals surface area (Å²) < 4.78 is 0. The summed E-state index contributed by atoms with van der Waals surface area (Å²) in [5.74, 6) is 2.60. The van der Waals surface area contributed by atoms with Crippen LogP contribution in [0.15, 0.2) is 17.8 Å². The van der Waals surface area contributed by atoms with Gasteiger partial charge >= 0.3 is 0 Å². The Balaban J connectivity index is 3.72. The van der Waals surface area contributed by atoms with Crippen LogP contribution in [0.1, 0.15) is 6.42 Å².